The lowest BCUT2D eigenvalue weighted by atomic mass is 10.1. The molecule has 3 rings (SSSR count). The van der Waals surface area contributed by atoms with Gasteiger partial charge in [-0.05, 0) is 32.2 Å². The average molecular weight is 377 g/mol. The fourth-order valence-electron chi connectivity index (χ4n) is 3.80. The number of aromatic nitrogens is 2. The van der Waals surface area contributed by atoms with Crippen molar-refractivity contribution in [3.05, 3.63) is 17.2 Å². The summed E-state index contributed by atoms with van der Waals surface area (Å²) in [6.07, 6.45) is 3.60. The van der Waals surface area contributed by atoms with Crippen LogP contribution in [-0.2, 0) is 17.7 Å². The number of imidazole rings is 1. The van der Waals surface area contributed by atoms with E-state index in [0.29, 0.717) is 24.7 Å². The van der Waals surface area contributed by atoms with Gasteiger partial charge in [0, 0.05) is 53.0 Å². The number of piperazine rings is 1. The maximum absolute atomic E-state index is 13.1. The molecule has 0 atom stereocenters. The van der Waals surface area contributed by atoms with E-state index in [1.165, 1.54) is 0 Å². The Morgan fingerprint density at radius 1 is 1.15 bits per heavy atom. The number of hydrogen-bond donors (Lipinski definition) is 1. The maximum Gasteiger partial charge on any atom is 0.287 e. The van der Waals surface area contributed by atoms with Crippen LogP contribution in [0.2, 0.25) is 0 Å². The van der Waals surface area contributed by atoms with Crippen LogP contribution in [0.15, 0.2) is 0 Å². The van der Waals surface area contributed by atoms with Crippen molar-refractivity contribution in [3.8, 4) is 0 Å². The summed E-state index contributed by atoms with van der Waals surface area (Å²) in [6.45, 7) is 8.27. The molecule has 8 heteroatoms. The highest BCUT2D eigenvalue weighted by Gasteiger charge is 2.31. The van der Waals surface area contributed by atoms with Gasteiger partial charge in [-0.2, -0.15) is 0 Å². The van der Waals surface area contributed by atoms with E-state index >= 15 is 0 Å². The van der Waals surface area contributed by atoms with Crippen molar-refractivity contribution in [1.82, 2.24) is 24.7 Å². The van der Waals surface area contributed by atoms with E-state index in [1.807, 2.05) is 9.47 Å². The van der Waals surface area contributed by atoms with Gasteiger partial charge in [0.05, 0.1) is 5.69 Å². The first-order chi connectivity index (χ1) is 13.2. The second kappa shape index (κ2) is 9.32. The molecule has 1 aromatic rings. The van der Waals surface area contributed by atoms with E-state index in [1.54, 1.807) is 7.11 Å². The molecule has 0 aromatic carbocycles. The highest BCUT2D eigenvalue weighted by Crippen LogP contribution is 2.23. The van der Waals surface area contributed by atoms with Crippen LogP contribution in [0.1, 0.15) is 53.0 Å². The molecule has 0 unspecified atom stereocenters. The minimum absolute atomic E-state index is 0.0326. The number of hydrogen-bond acceptors (Lipinski definition) is 5. The fourth-order valence-corrected chi connectivity index (χ4v) is 3.80. The summed E-state index contributed by atoms with van der Waals surface area (Å²) in [5, 5.41) is 2.90. The standard InChI is InChI=1S/C19H31N5O3/c1-3-22-10-12-23(13-11-22)19(26)16-15-7-4-5-9-24(15)17(21-16)18(25)20-8-6-14-27-2/h3-14H2,1-2H3,(H,20,25). The van der Waals surface area contributed by atoms with Crippen molar-refractivity contribution in [2.24, 2.45) is 0 Å². The van der Waals surface area contributed by atoms with Crippen molar-refractivity contribution >= 4 is 11.8 Å². The summed E-state index contributed by atoms with van der Waals surface area (Å²) in [7, 11) is 1.64. The van der Waals surface area contributed by atoms with E-state index in [9.17, 15) is 9.59 Å². The van der Waals surface area contributed by atoms with Crippen molar-refractivity contribution in [1.29, 1.82) is 0 Å². The maximum atomic E-state index is 13.1. The topological polar surface area (TPSA) is 79.7 Å². The first-order valence-corrected chi connectivity index (χ1v) is 10.0. The molecule has 1 aromatic heterocycles. The van der Waals surface area contributed by atoms with Crippen LogP contribution < -0.4 is 5.32 Å². The van der Waals surface area contributed by atoms with Gasteiger partial charge in [-0.25, -0.2) is 4.98 Å². The number of ether oxygens (including phenoxy) is 1. The molecular formula is C19H31N5O3. The molecule has 0 spiro atoms. The van der Waals surface area contributed by atoms with Crippen LogP contribution in [0, 0.1) is 0 Å². The zero-order valence-corrected chi connectivity index (χ0v) is 16.5. The third-order valence-electron chi connectivity index (χ3n) is 5.44. The average Bonchev–Trinajstić information content (AvgIpc) is 3.10. The van der Waals surface area contributed by atoms with Gasteiger partial charge in [-0.3, -0.25) is 9.59 Å². The SMILES string of the molecule is CCN1CCN(C(=O)c2nc(C(=O)NCCCOC)n3c2CCCC3)CC1. The van der Waals surface area contributed by atoms with Crippen LogP contribution in [0.4, 0.5) is 0 Å². The molecule has 0 saturated carbocycles. The summed E-state index contributed by atoms with van der Waals surface area (Å²) in [6, 6.07) is 0. The zero-order valence-electron chi connectivity index (χ0n) is 16.5. The highest BCUT2D eigenvalue weighted by atomic mass is 16.5. The fraction of sp³-hybridized carbons (Fsp3) is 0.737. The normalized spacial score (nSPS) is 17.6. The lowest BCUT2D eigenvalue weighted by Gasteiger charge is -2.33. The van der Waals surface area contributed by atoms with Gasteiger partial charge in [0.2, 0.25) is 0 Å². The summed E-state index contributed by atoms with van der Waals surface area (Å²) in [5.74, 6) is 0.136. The number of methoxy groups -OCH3 is 1. The molecule has 27 heavy (non-hydrogen) atoms. The van der Waals surface area contributed by atoms with Crippen LogP contribution >= 0.6 is 0 Å². The lowest BCUT2D eigenvalue weighted by molar-refractivity contribution is 0.0636. The second-order valence-corrected chi connectivity index (χ2v) is 7.17. The minimum Gasteiger partial charge on any atom is -0.385 e. The van der Waals surface area contributed by atoms with E-state index in [0.717, 1.165) is 70.6 Å². The van der Waals surface area contributed by atoms with E-state index in [-0.39, 0.29) is 11.8 Å². The zero-order chi connectivity index (χ0) is 19.2. The molecular weight excluding hydrogens is 346 g/mol. The van der Waals surface area contributed by atoms with Gasteiger partial charge in [0.25, 0.3) is 11.8 Å². The van der Waals surface area contributed by atoms with Gasteiger partial charge in [-0.15, -0.1) is 0 Å². The van der Waals surface area contributed by atoms with Crippen LogP contribution in [-0.4, -0.2) is 84.2 Å². The summed E-state index contributed by atoms with van der Waals surface area (Å²) in [5.41, 5.74) is 1.40. The number of amides is 2. The Labute approximate surface area is 160 Å². The number of carbonyl (C=O) groups excluding carboxylic acids is 2. The van der Waals surface area contributed by atoms with Crippen molar-refractivity contribution in [2.45, 2.75) is 39.2 Å². The Balaban J connectivity index is 1.74. The molecule has 150 valence electrons. The van der Waals surface area contributed by atoms with E-state index < -0.39 is 0 Å². The molecule has 0 aliphatic carbocycles. The molecule has 2 amide bonds. The van der Waals surface area contributed by atoms with E-state index in [2.05, 4.69) is 22.1 Å². The number of rotatable bonds is 7. The predicted molar refractivity (Wildman–Crippen MR) is 102 cm³/mol. The Morgan fingerprint density at radius 3 is 2.63 bits per heavy atom. The van der Waals surface area contributed by atoms with Crippen molar-refractivity contribution in [3.63, 3.8) is 0 Å². The number of carbonyl (C=O) groups is 2. The highest BCUT2D eigenvalue weighted by molar-refractivity contribution is 5.97. The third kappa shape index (κ3) is 4.50. The van der Waals surface area contributed by atoms with E-state index in [4.69, 9.17) is 4.74 Å². The molecule has 8 nitrogen and oxygen atoms in total. The Morgan fingerprint density at radius 2 is 1.93 bits per heavy atom. The predicted octanol–water partition coefficient (Wildman–Crippen LogP) is 0.763. The minimum atomic E-state index is -0.205. The molecule has 1 N–H and O–H groups in total. The summed E-state index contributed by atoms with van der Waals surface area (Å²) < 4.78 is 6.96. The van der Waals surface area contributed by atoms with Crippen molar-refractivity contribution in [2.75, 3.05) is 53.0 Å². The van der Waals surface area contributed by atoms with Gasteiger partial charge in [0.15, 0.2) is 5.82 Å². The first-order valence-electron chi connectivity index (χ1n) is 10.0. The number of nitrogens with zero attached hydrogens (tertiary/aromatic N) is 4. The molecule has 2 aliphatic heterocycles. The smallest absolute Gasteiger partial charge is 0.287 e. The van der Waals surface area contributed by atoms with Gasteiger partial charge < -0.3 is 24.4 Å². The summed E-state index contributed by atoms with van der Waals surface area (Å²) in [4.78, 5) is 34.4. The number of fused-ring (bicyclic) bond motifs is 1. The Hall–Kier alpha value is -1.93. The number of likely N-dealkylation sites (N-methyl/N-ethyl adjacent to an activating group) is 1. The Kier molecular flexibility index (Phi) is 6.84. The largest absolute Gasteiger partial charge is 0.385 e. The Bertz CT molecular complexity index is 665. The van der Waals surface area contributed by atoms with Crippen LogP contribution in [0.25, 0.3) is 0 Å². The van der Waals surface area contributed by atoms with Gasteiger partial charge >= 0.3 is 0 Å². The van der Waals surface area contributed by atoms with Gasteiger partial charge in [0.1, 0.15) is 5.69 Å². The third-order valence-corrected chi connectivity index (χ3v) is 5.44. The first kappa shape index (κ1) is 19.8. The second-order valence-electron chi connectivity index (χ2n) is 7.17. The monoisotopic (exact) mass is 377 g/mol. The lowest BCUT2D eigenvalue weighted by Crippen LogP contribution is -2.48. The summed E-state index contributed by atoms with van der Waals surface area (Å²) >= 11 is 0. The molecule has 3 heterocycles. The number of nitrogens with one attached hydrogen (secondary N) is 1. The van der Waals surface area contributed by atoms with Gasteiger partial charge in [-0.1, -0.05) is 6.92 Å². The van der Waals surface area contributed by atoms with Crippen LogP contribution in [0.3, 0.4) is 0 Å². The van der Waals surface area contributed by atoms with Crippen molar-refractivity contribution < 1.29 is 14.3 Å². The molecule has 2 aliphatic rings. The quantitative estimate of drug-likeness (QED) is 0.710. The molecule has 0 bridgehead atoms. The molecule has 1 saturated heterocycles. The molecule has 1 fully saturated rings. The van der Waals surface area contributed by atoms with Crippen LogP contribution in [0.5, 0.6) is 0 Å². The molecule has 0 radical (unpaired) electrons.